The standard InChI is InChI=1S/C18H21NO4S/c1-4-22-18(21)15-9-10-24-17(15)19-16(20)11-23-14-7-5-13(6-8-14)12(2)3/h5-10,12H,4,11H2,1-3H3,(H,19,20). The van der Waals surface area contributed by atoms with Gasteiger partial charge >= 0.3 is 5.97 Å². The van der Waals surface area contributed by atoms with Crippen LogP contribution in [0.15, 0.2) is 35.7 Å². The van der Waals surface area contributed by atoms with Crippen molar-refractivity contribution in [2.75, 3.05) is 18.5 Å². The van der Waals surface area contributed by atoms with Gasteiger partial charge < -0.3 is 14.8 Å². The molecule has 0 aliphatic rings. The number of thiophene rings is 1. The summed E-state index contributed by atoms with van der Waals surface area (Å²) in [6, 6.07) is 9.28. The van der Waals surface area contributed by atoms with E-state index in [0.29, 0.717) is 22.2 Å². The summed E-state index contributed by atoms with van der Waals surface area (Å²) < 4.78 is 10.4. The smallest absolute Gasteiger partial charge is 0.341 e. The number of anilines is 1. The van der Waals surface area contributed by atoms with Crippen LogP contribution in [0.4, 0.5) is 5.00 Å². The van der Waals surface area contributed by atoms with Gasteiger partial charge in [0.05, 0.1) is 12.2 Å². The first-order valence-electron chi connectivity index (χ1n) is 7.78. The Hall–Kier alpha value is -2.34. The Morgan fingerprint density at radius 1 is 1.17 bits per heavy atom. The van der Waals surface area contributed by atoms with E-state index in [4.69, 9.17) is 9.47 Å². The largest absolute Gasteiger partial charge is 0.484 e. The SMILES string of the molecule is CCOC(=O)c1ccsc1NC(=O)COc1ccc(C(C)C)cc1. The van der Waals surface area contributed by atoms with Gasteiger partial charge in [0.15, 0.2) is 6.61 Å². The number of rotatable bonds is 7. The summed E-state index contributed by atoms with van der Waals surface area (Å²) in [6.45, 7) is 6.14. The molecule has 1 N–H and O–H groups in total. The third kappa shape index (κ3) is 4.83. The Balaban J connectivity index is 1.90. The molecule has 0 aliphatic carbocycles. The molecule has 0 saturated carbocycles. The maximum atomic E-state index is 12.0. The van der Waals surface area contributed by atoms with E-state index >= 15 is 0 Å². The van der Waals surface area contributed by atoms with E-state index < -0.39 is 5.97 Å². The summed E-state index contributed by atoms with van der Waals surface area (Å²) in [5.41, 5.74) is 1.57. The molecule has 24 heavy (non-hydrogen) atoms. The Labute approximate surface area is 145 Å². The van der Waals surface area contributed by atoms with Gasteiger partial charge in [-0.1, -0.05) is 26.0 Å². The number of hydrogen-bond acceptors (Lipinski definition) is 5. The van der Waals surface area contributed by atoms with Crippen molar-refractivity contribution < 1.29 is 19.1 Å². The lowest BCUT2D eigenvalue weighted by Gasteiger charge is -2.09. The van der Waals surface area contributed by atoms with E-state index in [0.717, 1.165) is 0 Å². The molecule has 0 saturated heterocycles. The number of carbonyl (C=O) groups excluding carboxylic acids is 2. The third-order valence-electron chi connectivity index (χ3n) is 3.33. The van der Waals surface area contributed by atoms with E-state index in [1.54, 1.807) is 18.4 Å². The van der Waals surface area contributed by atoms with Gasteiger partial charge in [-0.3, -0.25) is 4.79 Å². The van der Waals surface area contributed by atoms with Crippen LogP contribution < -0.4 is 10.1 Å². The van der Waals surface area contributed by atoms with Crippen LogP contribution >= 0.6 is 11.3 Å². The zero-order valence-corrected chi connectivity index (χ0v) is 14.8. The van der Waals surface area contributed by atoms with Crippen LogP contribution in [-0.4, -0.2) is 25.1 Å². The molecule has 128 valence electrons. The lowest BCUT2D eigenvalue weighted by molar-refractivity contribution is -0.118. The summed E-state index contributed by atoms with van der Waals surface area (Å²) in [5.74, 6) is 0.309. The van der Waals surface area contributed by atoms with Crippen LogP contribution in [0.1, 0.15) is 42.6 Å². The quantitative estimate of drug-likeness (QED) is 0.767. The molecule has 2 aromatic rings. The summed E-state index contributed by atoms with van der Waals surface area (Å²) in [7, 11) is 0. The number of nitrogens with one attached hydrogen (secondary N) is 1. The minimum atomic E-state index is -0.445. The highest BCUT2D eigenvalue weighted by Gasteiger charge is 2.16. The number of carbonyl (C=O) groups is 2. The molecule has 0 bridgehead atoms. The monoisotopic (exact) mass is 347 g/mol. The van der Waals surface area contributed by atoms with Gasteiger partial charge in [-0.15, -0.1) is 11.3 Å². The first-order chi connectivity index (χ1) is 11.5. The van der Waals surface area contributed by atoms with Gasteiger partial charge in [-0.2, -0.15) is 0 Å². The van der Waals surface area contributed by atoms with Crippen molar-refractivity contribution in [2.45, 2.75) is 26.7 Å². The van der Waals surface area contributed by atoms with E-state index in [1.807, 2.05) is 24.3 Å². The fourth-order valence-corrected chi connectivity index (χ4v) is 2.83. The molecule has 1 aromatic carbocycles. The number of esters is 1. The molecule has 0 fully saturated rings. The van der Waals surface area contributed by atoms with Gasteiger partial charge in [0, 0.05) is 0 Å². The van der Waals surface area contributed by atoms with Gasteiger partial charge in [-0.05, 0) is 42.0 Å². The van der Waals surface area contributed by atoms with Crippen LogP contribution in [0.2, 0.25) is 0 Å². The number of hydrogen-bond donors (Lipinski definition) is 1. The molecule has 1 amide bonds. The van der Waals surface area contributed by atoms with Gasteiger partial charge in [0.25, 0.3) is 5.91 Å². The highest BCUT2D eigenvalue weighted by molar-refractivity contribution is 7.14. The molecule has 0 unspecified atom stereocenters. The lowest BCUT2D eigenvalue weighted by Crippen LogP contribution is -2.21. The molecule has 6 heteroatoms. The maximum Gasteiger partial charge on any atom is 0.341 e. The highest BCUT2D eigenvalue weighted by Crippen LogP contribution is 2.24. The zero-order chi connectivity index (χ0) is 17.5. The average Bonchev–Trinajstić information content (AvgIpc) is 3.01. The number of benzene rings is 1. The zero-order valence-electron chi connectivity index (χ0n) is 14.0. The topological polar surface area (TPSA) is 64.6 Å². The summed E-state index contributed by atoms with van der Waals surface area (Å²) >= 11 is 1.27. The molecule has 5 nitrogen and oxygen atoms in total. The molecule has 1 heterocycles. The van der Waals surface area contributed by atoms with Crippen LogP contribution in [0.25, 0.3) is 0 Å². The number of ether oxygens (including phenoxy) is 2. The maximum absolute atomic E-state index is 12.0. The Morgan fingerprint density at radius 3 is 2.50 bits per heavy atom. The fourth-order valence-electron chi connectivity index (χ4n) is 2.04. The van der Waals surface area contributed by atoms with Crippen LogP contribution in [-0.2, 0) is 9.53 Å². The van der Waals surface area contributed by atoms with Crippen molar-refractivity contribution in [2.24, 2.45) is 0 Å². The molecular formula is C18H21NO4S. The van der Waals surface area contributed by atoms with E-state index in [2.05, 4.69) is 19.2 Å². The molecule has 2 rings (SSSR count). The van der Waals surface area contributed by atoms with E-state index in [9.17, 15) is 9.59 Å². The fraction of sp³-hybridized carbons (Fsp3) is 0.333. The molecular weight excluding hydrogens is 326 g/mol. The Bertz CT molecular complexity index is 691. The van der Waals surface area contributed by atoms with Gasteiger partial charge in [0.1, 0.15) is 10.8 Å². The second kappa shape index (κ2) is 8.49. The highest BCUT2D eigenvalue weighted by atomic mass is 32.1. The average molecular weight is 347 g/mol. The summed E-state index contributed by atoms with van der Waals surface area (Å²) in [6.07, 6.45) is 0. The minimum Gasteiger partial charge on any atom is -0.484 e. The third-order valence-corrected chi connectivity index (χ3v) is 4.16. The van der Waals surface area contributed by atoms with Crippen LogP contribution in [0.3, 0.4) is 0 Å². The molecule has 0 aliphatic heterocycles. The van der Waals surface area contributed by atoms with Crippen molar-refractivity contribution in [3.63, 3.8) is 0 Å². The first kappa shape index (κ1) is 18.0. The molecule has 0 spiro atoms. The second-order valence-corrected chi connectivity index (χ2v) is 6.36. The molecule has 0 radical (unpaired) electrons. The predicted octanol–water partition coefficient (Wildman–Crippen LogP) is 4.07. The predicted molar refractivity (Wildman–Crippen MR) is 94.9 cm³/mol. The molecule has 0 atom stereocenters. The van der Waals surface area contributed by atoms with Crippen molar-refractivity contribution in [3.8, 4) is 5.75 Å². The van der Waals surface area contributed by atoms with Crippen LogP contribution in [0, 0.1) is 0 Å². The van der Waals surface area contributed by atoms with E-state index in [1.165, 1.54) is 16.9 Å². The van der Waals surface area contributed by atoms with Crippen molar-refractivity contribution >= 4 is 28.2 Å². The Kier molecular flexibility index (Phi) is 6.37. The lowest BCUT2D eigenvalue weighted by atomic mass is 10.0. The van der Waals surface area contributed by atoms with E-state index in [-0.39, 0.29) is 19.1 Å². The summed E-state index contributed by atoms with van der Waals surface area (Å²) in [5, 5.41) is 4.88. The van der Waals surface area contributed by atoms with Crippen molar-refractivity contribution in [3.05, 3.63) is 46.8 Å². The minimum absolute atomic E-state index is 0.124. The van der Waals surface area contributed by atoms with Crippen LogP contribution in [0.5, 0.6) is 5.75 Å². The van der Waals surface area contributed by atoms with Crippen molar-refractivity contribution in [1.29, 1.82) is 0 Å². The summed E-state index contributed by atoms with van der Waals surface area (Å²) in [4.78, 5) is 23.8. The van der Waals surface area contributed by atoms with Gasteiger partial charge in [-0.25, -0.2) is 4.79 Å². The second-order valence-electron chi connectivity index (χ2n) is 5.44. The first-order valence-corrected chi connectivity index (χ1v) is 8.66. The normalized spacial score (nSPS) is 10.5. The Morgan fingerprint density at radius 2 is 1.88 bits per heavy atom. The molecule has 1 aromatic heterocycles. The van der Waals surface area contributed by atoms with Gasteiger partial charge in [0.2, 0.25) is 0 Å². The number of amides is 1. The van der Waals surface area contributed by atoms with Crippen molar-refractivity contribution in [1.82, 2.24) is 0 Å².